The molecule has 1 atom stereocenters. The van der Waals surface area contributed by atoms with Crippen molar-refractivity contribution in [3.05, 3.63) is 0 Å². The lowest BCUT2D eigenvalue weighted by atomic mass is 9.90. The number of aliphatic hydroxyl groups is 1. The average Bonchev–Trinajstić information content (AvgIpc) is 2.30. The lowest BCUT2D eigenvalue weighted by Gasteiger charge is -2.36. The molecule has 1 aliphatic rings. The summed E-state index contributed by atoms with van der Waals surface area (Å²) in [4.78, 5) is 11.9. The van der Waals surface area contributed by atoms with Crippen LogP contribution in [-0.2, 0) is 9.53 Å². The number of carbonyl (C=O) groups excluding carboxylic acids is 1. The van der Waals surface area contributed by atoms with Gasteiger partial charge in [-0.15, -0.1) is 0 Å². The van der Waals surface area contributed by atoms with Gasteiger partial charge < -0.3 is 20.5 Å². The Morgan fingerprint density at radius 3 is 2.65 bits per heavy atom. The minimum Gasteiger partial charge on any atom is -0.394 e. The van der Waals surface area contributed by atoms with Crippen LogP contribution in [0.25, 0.3) is 0 Å². The van der Waals surface area contributed by atoms with Crippen LogP contribution in [0.15, 0.2) is 0 Å². The Bertz CT molecular complexity index is 240. The second kappa shape index (κ2) is 6.93. The topological polar surface area (TPSA) is 70.6 Å². The van der Waals surface area contributed by atoms with E-state index < -0.39 is 5.54 Å². The summed E-state index contributed by atoms with van der Waals surface area (Å²) in [6.45, 7) is 6.04. The molecule has 0 aromatic carbocycles. The second-order valence-electron chi connectivity index (χ2n) is 4.76. The van der Waals surface area contributed by atoms with Crippen molar-refractivity contribution in [2.75, 3.05) is 26.4 Å². The summed E-state index contributed by atoms with van der Waals surface area (Å²) in [5.74, 6) is -0.00519. The quantitative estimate of drug-likeness (QED) is 0.616. The number of aliphatic hydroxyl groups excluding tert-OH is 1. The van der Waals surface area contributed by atoms with Crippen LogP contribution in [0, 0.1) is 0 Å². The Hall–Kier alpha value is -0.650. The van der Waals surface area contributed by atoms with E-state index in [2.05, 4.69) is 10.6 Å². The highest BCUT2D eigenvalue weighted by atomic mass is 16.5. The summed E-state index contributed by atoms with van der Waals surface area (Å²) < 4.78 is 5.25. The third-order valence-electron chi connectivity index (χ3n) is 3.20. The maximum absolute atomic E-state index is 11.9. The van der Waals surface area contributed by atoms with Gasteiger partial charge in [0.15, 0.2) is 0 Å². The Labute approximate surface area is 103 Å². The van der Waals surface area contributed by atoms with Gasteiger partial charge in [-0.3, -0.25) is 4.79 Å². The van der Waals surface area contributed by atoms with Gasteiger partial charge in [-0.1, -0.05) is 6.92 Å². The molecule has 17 heavy (non-hydrogen) atoms. The zero-order valence-corrected chi connectivity index (χ0v) is 10.8. The number of hydrogen-bond donors (Lipinski definition) is 3. The second-order valence-corrected chi connectivity index (χ2v) is 4.76. The van der Waals surface area contributed by atoms with Crippen molar-refractivity contribution in [2.24, 2.45) is 0 Å². The van der Waals surface area contributed by atoms with Crippen molar-refractivity contribution in [3.63, 3.8) is 0 Å². The fourth-order valence-electron chi connectivity index (χ4n) is 2.13. The van der Waals surface area contributed by atoms with Gasteiger partial charge in [-0.25, -0.2) is 0 Å². The minimum atomic E-state index is -0.471. The average molecular weight is 244 g/mol. The molecule has 0 radical (unpaired) electrons. The number of nitrogens with one attached hydrogen (secondary N) is 2. The van der Waals surface area contributed by atoms with E-state index in [1.807, 2.05) is 13.8 Å². The molecule has 0 saturated carbocycles. The number of rotatable bonds is 6. The summed E-state index contributed by atoms with van der Waals surface area (Å²) in [5.41, 5.74) is -0.471. The van der Waals surface area contributed by atoms with E-state index >= 15 is 0 Å². The number of carbonyl (C=O) groups is 1. The lowest BCUT2D eigenvalue weighted by Crippen LogP contribution is -2.55. The first-order valence-electron chi connectivity index (χ1n) is 6.35. The molecule has 1 saturated heterocycles. The highest BCUT2D eigenvalue weighted by Gasteiger charge is 2.33. The van der Waals surface area contributed by atoms with Crippen LogP contribution >= 0.6 is 0 Å². The predicted molar refractivity (Wildman–Crippen MR) is 65.8 cm³/mol. The van der Waals surface area contributed by atoms with Crippen molar-refractivity contribution in [1.82, 2.24) is 10.6 Å². The maximum Gasteiger partial charge on any atom is 0.222 e. The zero-order chi connectivity index (χ0) is 12.7. The minimum absolute atomic E-state index is 0.00519. The van der Waals surface area contributed by atoms with E-state index in [1.165, 1.54) is 0 Å². The molecule has 0 aliphatic carbocycles. The first kappa shape index (κ1) is 14.4. The molecule has 1 unspecified atom stereocenters. The molecular weight excluding hydrogens is 220 g/mol. The van der Waals surface area contributed by atoms with Gasteiger partial charge in [-0.05, 0) is 26.3 Å². The maximum atomic E-state index is 11.9. The molecule has 5 heteroatoms. The Kier molecular flexibility index (Phi) is 5.88. The molecule has 1 aliphatic heterocycles. The monoisotopic (exact) mass is 244 g/mol. The predicted octanol–water partition coefficient (Wildman–Crippen LogP) is 0.0322. The molecular formula is C12H24N2O3. The van der Waals surface area contributed by atoms with Gasteiger partial charge in [0.2, 0.25) is 5.91 Å². The van der Waals surface area contributed by atoms with Crippen molar-refractivity contribution < 1.29 is 14.6 Å². The van der Waals surface area contributed by atoms with E-state index in [9.17, 15) is 9.90 Å². The molecule has 1 amide bonds. The summed E-state index contributed by atoms with van der Waals surface area (Å²) >= 11 is 0. The lowest BCUT2D eigenvalue weighted by molar-refractivity contribution is -0.125. The van der Waals surface area contributed by atoms with Gasteiger partial charge in [0.1, 0.15) is 0 Å². The van der Waals surface area contributed by atoms with Crippen LogP contribution in [0.3, 0.4) is 0 Å². The molecule has 0 bridgehead atoms. The molecule has 1 fully saturated rings. The first-order chi connectivity index (χ1) is 8.12. The van der Waals surface area contributed by atoms with Crippen LogP contribution < -0.4 is 10.6 Å². The molecule has 1 rings (SSSR count). The SMILES string of the molecule is CCNC(C)CC(=O)NC1(CO)CCOCC1. The Balaban J connectivity index is 2.41. The van der Waals surface area contributed by atoms with E-state index in [1.54, 1.807) is 0 Å². The molecule has 0 aromatic rings. The molecule has 0 spiro atoms. The van der Waals surface area contributed by atoms with Gasteiger partial charge in [0, 0.05) is 25.7 Å². The van der Waals surface area contributed by atoms with Crippen molar-refractivity contribution in [2.45, 2.75) is 44.7 Å². The van der Waals surface area contributed by atoms with Crippen LogP contribution in [0.2, 0.25) is 0 Å². The smallest absolute Gasteiger partial charge is 0.222 e. The summed E-state index contributed by atoms with van der Waals surface area (Å²) in [6.07, 6.45) is 1.81. The van der Waals surface area contributed by atoms with Crippen molar-refractivity contribution in [3.8, 4) is 0 Å². The molecule has 0 aromatic heterocycles. The Morgan fingerprint density at radius 2 is 2.12 bits per heavy atom. The van der Waals surface area contributed by atoms with E-state index in [4.69, 9.17) is 4.74 Å². The highest BCUT2D eigenvalue weighted by molar-refractivity contribution is 5.77. The Morgan fingerprint density at radius 1 is 1.47 bits per heavy atom. The standard InChI is InChI=1S/C12H24N2O3/c1-3-13-10(2)8-11(16)14-12(9-15)4-6-17-7-5-12/h10,13,15H,3-9H2,1-2H3,(H,14,16). The largest absolute Gasteiger partial charge is 0.394 e. The number of hydrogen-bond acceptors (Lipinski definition) is 4. The summed E-state index contributed by atoms with van der Waals surface area (Å²) in [6, 6.07) is 0.163. The zero-order valence-electron chi connectivity index (χ0n) is 10.8. The molecule has 100 valence electrons. The summed E-state index contributed by atoms with van der Waals surface area (Å²) in [7, 11) is 0. The van der Waals surface area contributed by atoms with Gasteiger partial charge in [-0.2, -0.15) is 0 Å². The van der Waals surface area contributed by atoms with Crippen LogP contribution in [0.1, 0.15) is 33.1 Å². The number of ether oxygens (including phenoxy) is 1. The van der Waals surface area contributed by atoms with Crippen LogP contribution in [0.4, 0.5) is 0 Å². The van der Waals surface area contributed by atoms with Crippen LogP contribution in [-0.4, -0.2) is 49.0 Å². The fourth-order valence-corrected chi connectivity index (χ4v) is 2.13. The van der Waals surface area contributed by atoms with Gasteiger partial charge >= 0.3 is 0 Å². The first-order valence-corrected chi connectivity index (χ1v) is 6.35. The van der Waals surface area contributed by atoms with E-state index in [-0.39, 0.29) is 18.6 Å². The van der Waals surface area contributed by atoms with Crippen molar-refractivity contribution >= 4 is 5.91 Å². The fraction of sp³-hybridized carbons (Fsp3) is 0.917. The van der Waals surface area contributed by atoms with Crippen LogP contribution in [0.5, 0.6) is 0 Å². The number of amides is 1. The van der Waals surface area contributed by atoms with E-state index in [0.717, 1.165) is 6.54 Å². The van der Waals surface area contributed by atoms with Gasteiger partial charge in [0.05, 0.1) is 12.1 Å². The third-order valence-corrected chi connectivity index (χ3v) is 3.20. The van der Waals surface area contributed by atoms with Crippen molar-refractivity contribution in [1.29, 1.82) is 0 Å². The third kappa shape index (κ3) is 4.61. The molecule has 5 nitrogen and oxygen atoms in total. The highest BCUT2D eigenvalue weighted by Crippen LogP contribution is 2.20. The normalized spacial score (nSPS) is 20.9. The van der Waals surface area contributed by atoms with E-state index in [0.29, 0.717) is 32.5 Å². The van der Waals surface area contributed by atoms with Gasteiger partial charge in [0.25, 0.3) is 0 Å². The summed E-state index contributed by atoms with van der Waals surface area (Å²) in [5, 5.41) is 15.6. The molecule has 3 N–H and O–H groups in total. The molecule has 1 heterocycles.